The molecule has 2 heterocycles. The number of esters is 1. The summed E-state index contributed by atoms with van der Waals surface area (Å²) in [5.74, 6) is -0.550. The van der Waals surface area contributed by atoms with E-state index >= 15 is 0 Å². The van der Waals surface area contributed by atoms with Crippen LogP contribution in [0.25, 0.3) is 0 Å². The summed E-state index contributed by atoms with van der Waals surface area (Å²) in [7, 11) is 0. The lowest BCUT2D eigenvalue weighted by molar-refractivity contribution is 0.0527. The number of aromatic nitrogens is 1. The summed E-state index contributed by atoms with van der Waals surface area (Å²) in [6.45, 7) is 4.05. The maximum atomic E-state index is 13.2. The quantitative estimate of drug-likeness (QED) is 0.660. The summed E-state index contributed by atoms with van der Waals surface area (Å²) in [6, 6.07) is 18.4. The van der Waals surface area contributed by atoms with Crippen LogP contribution in [0.5, 0.6) is 0 Å². The molecule has 1 N–H and O–H groups in total. The van der Waals surface area contributed by atoms with Crippen molar-refractivity contribution < 1.29 is 14.3 Å². The monoisotopic (exact) mass is 387 g/mol. The molecule has 146 valence electrons. The van der Waals surface area contributed by atoms with Gasteiger partial charge in [-0.1, -0.05) is 29.8 Å². The third-order valence-electron chi connectivity index (χ3n) is 4.83. The van der Waals surface area contributed by atoms with Crippen LogP contribution in [-0.4, -0.2) is 23.5 Å². The van der Waals surface area contributed by atoms with E-state index in [4.69, 9.17) is 4.74 Å². The van der Waals surface area contributed by atoms with Gasteiger partial charge < -0.3 is 10.1 Å². The SMILES string of the molecule is CCOC(=O)c1ccccc1N[C@H]1c2ncccc2C(=O)N1c1ccc(C)cc1. The summed E-state index contributed by atoms with van der Waals surface area (Å²) < 4.78 is 5.17. The summed E-state index contributed by atoms with van der Waals surface area (Å²) in [4.78, 5) is 31.7. The predicted octanol–water partition coefficient (Wildman–Crippen LogP) is 4.34. The number of anilines is 2. The maximum Gasteiger partial charge on any atom is 0.340 e. The zero-order valence-electron chi connectivity index (χ0n) is 16.3. The highest BCUT2D eigenvalue weighted by molar-refractivity contribution is 6.11. The van der Waals surface area contributed by atoms with Gasteiger partial charge in [0.25, 0.3) is 5.91 Å². The number of nitrogens with one attached hydrogen (secondary N) is 1. The highest BCUT2D eigenvalue weighted by atomic mass is 16.5. The minimum absolute atomic E-state index is 0.136. The molecule has 0 unspecified atom stereocenters. The Morgan fingerprint density at radius 1 is 1.10 bits per heavy atom. The van der Waals surface area contributed by atoms with E-state index < -0.39 is 12.1 Å². The van der Waals surface area contributed by atoms with Crippen LogP contribution in [0.2, 0.25) is 0 Å². The number of aryl methyl sites for hydroxylation is 1. The number of para-hydroxylation sites is 1. The lowest BCUT2D eigenvalue weighted by Gasteiger charge is -2.27. The number of carbonyl (C=O) groups is 2. The van der Waals surface area contributed by atoms with E-state index in [1.165, 1.54) is 0 Å². The molecule has 6 heteroatoms. The van der Waals surface area contributed by atoms with Crippen molar-refractivity contribution in [3.8, 4) is 0 Å². The van der Waals surface area contributed by atoms with Gasteiger partial charge in [-0.3, -0.25) is 14.7 Å². The Labute approximate surface area is 169 Å². The van der Waals surface area contributed by atoms with Gasteiger partial charge in [0.15, 0.2) is 6.17 Å². The van der Waals surface area contributed by atoms with Crippen LogP contribution < -0.4 is 10.2 Å². The molecule has 1 aromatic heterocycles. The Bertz CT molecular complexity index is 1060. The Balaban J connectivity index is 1.77. The van der Waals surface area contributed by atoms with Gasteiger partial charge in [0.05, 0.1) is 29.1 Å². The van der Waals surface area contributed by atoms with Gasteiger partial charge >= 0.3 is 5.97 Å². The molecule has 0 saturated carbocycles. The summed E-state index contributed by atoms with van der Waals surface area (Å²) in [6.07, 6.45) is 1.12. The van der Waals surface area contributed by atoms with Crippen molar-refractivity contribution in [3.05, 3.63) is 89.2 Å². The van der Waals surface area contributed by atoms with Crippen molar-refractivity contribution in [2.45, 2.75) is 20.0 Å². The standard InChI is InChI=1S/C23H21N3O3/c1-3-29-23(28)17-7-4-5-9-19(17)25-21-20-18(8-6-14-24-20)22(27)26(21)16-12-10-15(2)11-13-16/h4-14,21,25H,3H2,1-2H3/t21-/m1/s1. The van der Waals surface area contributed by atoms with Gasteiger partial charge in [0.1, 0.15) is 0 Å². The van der Waals surface area contributed by atoms with Gasteiger partial charge in [0.2, 0.25) is 0 Å². The minimum Gasteiger partial charge on any atom is -0.462 e. The third kappa shape index (κ3) is 3.45. The molecule has 4 rings (SSSR count). The first kappa shape index (κ1) is 18.7. The summed E-state index contributed by atoms with van der Waals surface area (Å²) in [5.41, 5.74) is 4.02. The van der Waals surface area contributed by atoms with Crippen molar-refractivity contribution in [2.24, 2.45) is 0 Å². The number of carbonyl (C=O) groups excluding carboxylic acids is 2. The van der Waals surface area contributed by atoms with Gasteiger partial charge in [-0.25, -0.2) is 4.79 Å². The number of fused-ring (bicyclic) bond motifs is 1. The molecule has 1 aliphatic heterocycles. The molecule has 3 aromatic rings. The molecular weight excluding hydrogens is 366 g/mol. The molecule has 0 spiro atoms. The van der Waals surface area contributed by atoms with Crippen LogP contribution in [0.4, 0.5) is 11.4 Å². The molecule has 0 bridgehead atoms. The molecule has 1 atom stereocenters. The van der Waals surface area contributed by atoms with Crippen LogP contribution in [-0.2, 0) is 4.74 Å². The van der Waals surface area contributed by atoms with Crippen LogP contribution in [0.3, 0.4) is 0 Å². The number of nitrogens with zero attached hydrogens (tertiary/aromatic N) is 2. The lowest BCUT2D eigenvalue weighted by Crippen LogP contribution is -2.32. The van der Waals surface area contributed by atoms with Crippen LogP contribution in [0, 0.1) is 6.92 Å². The summed E-state index contributed by atoms with van der Waals surface area (Å²) in [5, 5.41) is 3.34. The van der Waals surface area contributed by atoms with Gasteiger partial charge in [-0.2, -0.15) is 0 Å². The molecule has 29 heavy (non-hydrogen) atoms. The zero-order valence-corrected chi connectivity index (χ0v) is 16.3. The maximum absolute atomic E-state index is 13.2. The molecule has 0 radical (unpaired) electrons. The van der Waals surface area contributed by atoms with E-state index in [1.54, 1.807) is 48.4 Å². The number of rotatable bonds is 5. The van der Waals surface area contributed by atoms with Crippen LogP contribution >= 0.6 is 0 Å². The fourth-order valence-electron chi connectivity index (χ4n) is 3.43. The Hall–Kier alpha value is -3.67. The average molecular weight is 387 g/mol. The lowest BCUT2D eigenvalue weighted by atomic mass is 10.1. The topological polar surface area (TPSA) is 71.5 Å². The second-order valence-corrected chi connectivity index (χ2v) is 6.76. The second kappa shape index (κ2) is 7.75. The Kier molecular flexibility index (Phi) is 4.99. The van der Waals surface area contributed by atoms with E-state index in [1.807, 2.05) is 37.3 Å². The van der Waals surface area contributed by atoms with Gasteiger partial charge in [0, 0.05) is 11.9 Å². The molecule has 1 amide bonds. The highest BCUT2D eigenvalue weighted by Gasteiger charge is 2.39. The highest BCUT2D eigenvalue weighted by Crippen LogP contribution is 2.37. The number of pyridine rings is 1. The first-order chi connectivity index (χ1) is 14.1. The number of hydrogen-bond donors (Lipinski definition) is 1. The van der Waals surface area contributed by atoms with E-state index in [0.29, 0.717) is 22.5 Å². The van der Waals surface area contributed by atoms with Crippen LogP contribution in [0.15, 0.2) is 66.9 Å². The van der Waals surface area contributed by atoms with Crippen molar-refractivity contribution >= 4 is 23.3 Å². The predicted molar refractivity (Wildman–Crippen MR) is 111 cm³/mol. The van der Waals surface area contributed by atoms with E-state index in [0.717, 1.165) is 11.3 Å². The molecule has 0 saturated heterocycles. The molecule has 0 aliphatic carbocycles. The number of amides is 1. The number of benzene rings is 2. The Morgan fingerprint density at radius 3 is 2.62 bits per heavy atom. The summed E-state index contributed by atoms with van der Waals surface area (Å²) >= 11 is 0. The molecular formula is C23H21N3O3. The van der Waals surface area contributed by atoms with E-state index in [2.05, 4.69) is 10.3 Å². The molecule has 6 nitrogen and oxygen atoms in total. The minimum atomic E-state index is -0.544. The van der Waals surface area contributed by atoms with Crippen molar-refractivity contribution in [2.75, 3.05) is 16.8 Å². The first-order valence-electron chi connectivity index (χ1n) is 9.48. The van der Waals surface area contributed by atoms with Crippen molar-refractivity contribution in [1.82, 2.24) is 4.98 Å². The fourth-order valence-corrected chi connectivity index (χ4v) is 3.43. The van der Waals surface area contributed by atoms with Crippen molar-refractivity contribution in [1.29, 1.82) is 0 Å². The smallest absolute Gasteiger partial charge is 0.340 e. The largest absolute Gasteiger partial charge is 0.462 e. The first-order valence-corrected chi connectivity index (χ1v) is 9.48. The molecule has 1 aliphatic rings. The number of hydrogen-bond acceptors (Lipinski definition) is 5. The van der Waals surface area contributed by atoms with Gasteiger partial charge in [-0.05, 0) is 50.2 Å². The van der Waals surface area contributed by atoms with Crippen molar-refractivity contribution in [3.63, 3.8) is 0 Å². The average Bonchev–Trinajstić information content (AvgIpc) is 3.01. The Morgan fingerprint density at radius 2 is 1.86 bits per heavy atom. The van der Waals surface area contributed by atoms with E-state index in [-0.39, 0.29) is 12.5 Å². The van der Waals surface area contributed by atoms with E-state index in [9.17, 15) is 9.59 Å². The van der Waals surface area contributed by atoms with Crippen LogP contribution in [0.1, 0.15) is 45.1 Å². The zero-order chi connectivity index (χ0) is 20.4. The molecule has 0 fully saturated rings. The third-order valence-corrected chi connectivity index (χ3v) is 4.83. The normalized spacial score (nSPS) is 15.2. The molecule has 2 aromatic carbocycles. The fraction of sp³-hybridized carbons (Fsp3) is 0.174. The van der Waals surface area contributed by atoms with Gasteiger partial charge in [-0.15, -0.1) is 0 Å². The second-order valence-electron chi connectivity index (χ2n) is 6.76. The number of ether oxygens (including phenoxy) is 1.